The molecule has 2 aromatic carbocycles. The van der Waals surface area contributed by atoms with Gasteiger partial charge >= 0.3 is 5.97 Å². The van der Waals surface area contributed by atoms with Crippen molar-refractivity contribution in [3.63, 3.8) is 0 Å². The lowest BCUT2D eigenvalue weighted by Crippen LogP contribution is -2.28. The van der Waals surface area contributed by atoms with Crippen LogP contribution in [0.25, 0.3) is 10.9 Å². The Morgan fingerprint density at radius 3 is 2.17 bits per heavy atom. The molecule has 1 amide bonds. The molecule has 0 aliphatic rings. The van der Waals surface area contributed by atoms with Crippen molar-refractivity contribution in [1.82, 2.24) is 14.9 Å². The molecule has 3 rings (SSSR count). The number of unbranched alkanes of at least 4 members (excludes halogenated alkanes) is 6. The largest absolute Gasteiger partial charge is 0.493 e. The Labute approximate surface area is 274 Å². The molecule has 0 aliphatic heterocycles. The number of nitrogens with zero attached hydrogens (tertiary/aromatic N) is 3. The van der Waals surface area contributed by atoms with Crippen molar-refractivity contribution in [1.29, 1.82) is 0 Å². The molecule has 10 nitrogen and oxygen atoms in total. The van der Waals surface area contributed by atoms with E-state index in [1.807, 2.05) is 19.1 Å². The van der Waals surface area contributed by atoms with Crippen LogP contribution in [0.5, 0.6) is 17.2 Å². The van der Waals surface area contributed by atoms with Gasteiger partial charge in [-0.05, 0) is 57.0 Å². The number of esters is 1. The van der Waals surface area contributed by atoms with Gasteiger partial charge in [-0.3, -0.25) is 9.59 Å². The van der Waals surface area contributed by atoms with Crippen molar-refractivity contribution < 1.29 is 23.8 Å². The first kappa shape index (κ1) is 36.5. The van der Waals surface area contributed by atoms with E-state index in [2.05, 4.69) is 39.3 Å². The lowest BCUT2D eigenvalue weighted by Gasteiger charge is -2.22. The van der Waals surface area contributed by atoms with E-state index in [-0.39, 0.29) is 18.1 Å². The molecule has 0 saturated carbocycles. The number of aromatic nitrogens is 2. The van der Waals surface area contributed by atoms with Gasteiger partial charge in [0.15, 0.2) is 17.2 Å². The summed E-state index contributed by atoms with van der Waals surface area (Å²) in [7, 11) is 1.62. The number of hydrogen-bond acceptors (Lipinski definition) is 9. The van der Waals surface area contributed by atoms with Gasteiger partial charge < -0.3 is 29.7 Å². The number of fused-ring (bicyclic) bond motifs is 1. The Kier molecular flexibility index (Phi) is 16.1. The summed E-state index contributed by atoms with van der Waals surface area (Å²) in [6.45, 7) is 11.6. The topological polar surface area (TPSA) is 115 Å². The predicted molar refractivity (Wildman–Crippen MR) is 185 cm³/mol. The van der Waals surface area contributed by atoms with Gasteiger partial charge in [0.1, 0.15) is 12.1 Å². The molecular weight excluding hydrogens is 582 g/mol. The van der Waals surface area contributed by atoms with Crippen LogP contribution in [0.1, 0.15) is 98.3 Å². The summed E-state index contributed by atoms with van der Waals surface area (Å²) in [6, 6.07) is 8.94. The normalized spacial score (nSPS) is 11.1. The van der Waals surface area contributed by atoms with Crippen LogP contribution in [0, 0.1) is 0 Å². The number of anilines is 3. The Morgan fingerprint density at radius 2 is 1.52 bits per heavy atom. The first-order chi connectivity index (χ1) is 22.4. The molecule has 1 heterocycles. The standard InChI is InChI=1S/C36H53N5O5/c1-6-9-11-13-20-41(21-14-12-10-7-2)22-16-23-45-33-24-28-31(25-32(33)44-5)37-26-38-36(28)40-30-19-15-18-29(39-27(4)42)35(30)46-34(43)17-8-3/h15,18-19,24-26H,6-14,16-17,20-23H2,1-5H3,(H,39,42)(H,37,38,40). The van der Waals surface area contributed by atoms with Gasteiger partial charge in [-0.1, -0.05) is 65.4 Å². The maximum atomic E-state index is 12.5. The molecule has 0 saturated heterocycles. The number of benzene rings is 2. The lowest BCUT2D eigenvalue weighted by molar-refractivity contribution is -0.134. The van der Waals surface area contributed by atoms with E-state index in [0.29, 0.717) is 52.6 Å². The highest BCUT2D eigenvalue weighted by molar-refractivity contribution is 5.96. The Hall–Kier alpha value is -3.92. The van der Waals surface area contributed by atoms with Crippen molar-refractivity contribution >= 4 is 40.0 Å². The fourth-order valence-electron chi connectivity index (χ4n) is 5.30. The number of nitrogens with one attached hydrogen (secondary N) is 2. The van der Waals surface area contributed by atoms with Gasteiger partial charge in [0.05, 0.1) is 30.6 Å². The summed E-state index contributed by atoms with van der Waals surface area (Å²) in [5.41, 5.74) is 1.53. The van der Waals surface area contributed by atoms with Crippen molar-refractivity contribution in [2.24, 2.45) is 0 Å². The molecule has 0 atom stereocenters. The van der Waals surface area contributed by atoms with Crippen molar-refractivity contribution in [3.05, 3.63) is 36.7 Å². The number of rotatable bonds is 22. The summed E-state index contributed by atoms with van der Waals surface area (Å²) in [6.07, 6.45) is 13.4. The number of hydrogen-bond donors (Lipinski definition) is 2. The van der Waals surface area contributed by atoms with E-state index in [4.69, 9.17) is 14.2 Å². The van der Waals surface area contributed by atoms with Crippen molar-refractivity contribution in [2.45, 2.75) is 98.3 Å². The summed E-state index contributed by atoms with van der Waals surface area (Å²) >= 11 is 0. The van der Waals surface area contributed by atoms with Gasteiger partial charge in [-0.2, -0.15) is 0 Å². The molecule has 0 spiro atoms. The quantitative estimate of drug-likeness (QED) is 0.0639. The zero-order chi connectivity index (χ0) is 33.1. The van der Waals surface area contributed by atoms with Crippen LogP contribution in [0.2, 0.25) is 0 Å². The number of carbonyl (C=O) groups is 2. The van der Waals surface area contributed by atoms with E-state index in [9.17, 15) is 9.59 Å². The molecule has 46 heavy (non-hydrogen) atoms. The molecule has 0 unspecified atom stereocenters. The smallest absolute Gasteiger partial charge is 0.311 e. The maximum Gasteiger partial charge on any atom is 0.311 e. The third-order valence-corrected chi connectivity index (χ3v) is 7.70. The number of para-hydroxylation sites is 1. The minimum Gasteiger partial charge on any atom is -0.493 e. The highest BCUT2D eigenvalue weighted by Gasteiger charge is 2.18. The number of carbonyl (C=O) groups excluding carboxylic acids is 2. The second-order valence-corrected chi connectivity index (χ2v) is 11.6. The number of ether oxygens (including phenoxy) is 3. The van der Waals surface area contributed by atoms with Crippen molar-refractivity contribution in [2.75, 3.05) is 44.0 Å². The fraction of sp³-hybridized carbons (Fsp3) is 0.556. The molecule has 0 aliphatic carbocycles. The van der Waals surface area contributed by atoms with Gasteiger partial charge in [0.2, 0.25) is 5.91 Å². The monoisotopic (exact) mass is 635 g/mol. The van der Waals surface area contributed by atoms with Crippen LogP contribution in [0.4, 0.5) is 17.2 Å². The highest BCUT2D eigenvalue weighted by atomic mass is 16.5. The molecule has 1 aromatic heterocycles. The van der Waals surface area contributed by atoms with Gasteiger partial charge in [-0.25, -0.2) is 9.97 Å². The van der Waals surface area contributed by atoms with Crippen LogP contribution in [-0.2, 0) is 9.59 Å². The first-order valence-corrected chi connectivity index (χ1v) is 17.0. The van der Waals surface area contributed by atoms with E-state index in [1.54, 1.807) is 25.3 Å². The molecule has 0 radical (unpaired) electrons. The molecule has 252 valence electrons. The Morgan fingerprint density at radius 1 is 0.826 bits per heavy atom. The zero-order valence-electron chi connectivity index (χ0n) is 28.5. The summed E-state index contributed by atoms with van der Waals surface area (Å²) < 4.78 is 17.7. The fourth-order valence-corrected chi connectivity index (χ4v) is 5.30. The van der Waals surface area contributed by atoms with E-state index < -0.39 is 5.97 Å². The highest BCUT2D eigenvalue weighted by Crippen LogP contribution is 2.39. The predicted octanol–water partition coefficient (Wildman–Crippen LogP) is 8.28. The van der Waals surface area contributed by atoms with Crippen molar-refractivity contribution in [3.8, 4) is 17.2 Å². The van der Waals surface area contributed by atoms with E-state index >= 15 is 0 Å². The Balaban J connectivity index is 1.79. The maximum absolute atomic E-state index is 12.5. The number of amides is 1. The minimum absolute atomic E-state index is 0.224. The Bertz CT molecular complexity index is 1370. The molecule has 3 aromatic rings. The average Bonchev–Trinajstić information content (AvgIpc) is 3.04. The first-order valence-electron chi connectivity index (χ1n) is 17.0. The average molecular weight is 636 g/mol. The third-order valence-electron chi connectivity index (χ3n) is 7.70. The third kappa shape index (κ3) is 11.8. The molecular formula is C36H53N5O5. The van der Waals surface area contributed by atoms with Crippen LogP contribution >= 0.6 is 0 Å². The second-order valence-electron chi connectivity index (χ2n) is 11.6. The lowest BCUT2D eigenvalue weighted by atomic mass is 10.1. The molecule has 10 heteroatoms. The molecule has 2 N–H and O–H groups in total. The molecule has 0 bridgehead atoms. The van der Waals surface area contributed by atoms with Crippen LogP contribution in [-0.4, -0.2) is 60.1 Å². The summed E-state index contributed by atoms with van der Waals surface area (Å²) in [4.78, 5) is 35.9. The van der Waals surface area contributed by atoms with Crippen LogP contribution < -0.4 is 24.8 Å². The van der Waals surface area contributed by atoms with Crippen LogP contribution in [0.15, 0.2) is 36.7 Å². The molecule has 0 fully saturated rings. The summed E-state index contributed by atoms with van der Waals surface area (Å²) in [5, 5.41) is 6.76. The van der Waals surface area contributed by atoms with Crippen LogP contribution in [0.3, 0.4) is 0 Å². The van der Waals surface area contributed by atoms with Gasteiger partial charge in [0, 0.05) is 31.3 Å². The second kappa shape index (κ2) is 20.3. The van der Waals surface area contributed by atoms with E-state index in [1.165, 1.54) is 64.6 Å². The minimum atomic E-state index is -0.392. The van der Waals surface area contributed by atoms with Gasteiger partial charge in [-0.15, -0.1) is 0 Å². The van der Waals surface area contributed by atoms with E-state index in [0.717, 1.165) is 26.1 Å². The SMILES string of the molecule is CCCCCCN(CCCCCC)CCCOc1cc2c(Nc3cccc(NC(C)=O)c3OC(=O)CCC)ncnc2cc1OC. The summed E-state index contributed by atoms with van der Waals surface area (Å²) in [5.74, 6) is 1.25. The van der Waals surface area contributed by atoms with Gasteiger partial charge in [0.25, 0.3) is 0 Å². The zero-order valence-corrected chi connectivity index (χ0v) is 28.5. The number of methoxy groups -OCH3 is 1.